The van der Waals surface area contributed by atoms with Gasteiger partial charge in [-0.25, -0.2) is 0 Å². The van der Waals surface area contributed by atoms with Gasteiger partial charge in [0.05, 0.1) is 6.10 Å². The van der Waals surface area contributed by atoms with Gasteiger partial charge in [0.2, 0.25) is 0 Å². The van der Waals surface area contributed by atoms with Gasteiger partial charge in [0.15, 0.2) is 0 Å². The van der Waals surface area contributed by atoms with Crippen molar-refractivity contribution in [1.29, 1.82) is 0 Å². The predicted molar refractivity (Wildman–Crippen MR) is 32.6 cm³/mol. The van der Waals surface area contributed by atoms with Crippen LogP contribution in [0.3, 0.4) is 0 Å². The molecule has 1 rings (SSSR count). The maximum Gasteiger partial charge on any atom is 0.0700 e. The van der Waals surface area contributed by atoms with Gasteiger partial charge in [-0.1, -0.05) is 6.92 Å². The van der Waals surface area contributed by atoms with E-state index in [-0.39, 0.29) is 0 Å². The number of hydrogen-bond acceptors (Lipinski definition) is 2. The minimum absolute atomic E-state index is 0.352. The molecule has 0 aromatic rings. The Labute approximate surface area is 50.0 Å². The second kappa shape index (κ2) is 2.46. The summed E-state index contributed by atoms with van der Waals surface area (Å²) in [5.74, 6) is 0.726. The molecule has 0 aromatic heterocycles. The van der Waals surface area contributed by atoms with E-state index in [0.717, 1.165) is 18.9 Å². The molecule has 2 heteroatoms. The van der Waals surface area contributed by atoms with Crippen LogP contribution in [0.4, 0.5) is 0 Å². The average molecular weight is 115 g/mol. The van der Waals surface area contributed by atoms with Gasteiger partial charge in [0.25, 0.3) is 0 Å². The quantitative estimate of drug-likeness (QED) is 0.536. The van der Waals surface area contributed by atoms with E-state index in [9.17, 15) is 0 Å². The highest BCUT2D eigenvalue weighted by molar-refractivity contribution is 4.70. The lowest BCUT2D eigenvalue weighted by Crippen LogP contribution is -2.18. The smallest absolute Gasteiger partial charge is 0.0700 e. The van der Waals surface area contributed by atoms with E-state index >= 15 is 0 Å². The first-order valence-electron chi connectivity index (χ1n) is 3.14. The fourth-order valence-electron chi connectivity index (χ4n) is 1.05. The van der Waals surface area contributed by atoms with Gasteiger partial charge in [-0.2, -0.15) is 0 Å². The fourth-order valence-corrected chi connectivity index (χ4v) is 1.05. The maximum absolute atomic E-state index is 5.37. The molecule has 2 N–H and O–H groups in total. The lowest BCUT2D eigenvalue weighted by Gasteiger charge is -2.01. The van der Waals surface area contributed by atoms with E-state index in [1.807, 2.05) is 0 Å². The summed E-state index contributed by atoms with van der Waals surface area (Å²) in [7, 11) is 0. The summed E-state index contributed by atoms with van der Waals surface area (Å²) in [4.78, 5) is 0. The Morgan fingerprint density at radius 2 is 2.50 bits per heavy atom. The molecule has 1 fully saturated rings. The first-order valence-corrected chi connectivity index (χ1v) is 3.14. The second-order valence-electron chi connectivity index (χ2n) is 2.53. The lowest BCUT2D eigenvalue weighted by molar-refractivity contribution is 0.113. The minimum atomic E-state index is 0.352. The molecule has 0 saturated carbocycles. The van der Waals surface area contributed by atoms with E-state index in [1.54, 1.807) is 0 Å². The van der Waals surface area contributed by atoms with Gasteiger partial charge in [0, 0.05) is 13.2 Å². The van der Waals surface area contributed by atoms with Gasteiger partial charge in [-0.05, 0) is 12.3 Å². The van der Waals surface area contributed by atoms with Crippen LogP contribution in [0.5, 0.6) is 0 Å². The van der Waals surface area contributed by atoms with Crippen molar-refractivity contribution in [3.63, 3.8) is 0 Å². The molecule has 0 aliphatic carbocycles. The highest BCUT2D eigenvalue weighted by Crippen LogP contribution is 2.16. The summed E-state index contributed by atoms with van der Waals surface area (Å²) in [6, 6.07) is 0. The monoisotopic (exact) mass is 115 g/mol. The van der Waals surface area contributed by atoms with E-state index in [1.165, 1.54) is 0 Å². The van der Waals surface area contributed by atoms with Crippen LogP contribution in [0.1, 0.15) is 13.3 Å². The first-order chi connectivity index (χ1) is 3.83. The highest BCUT2D eigenvalue weighted by Gasteiger charge is 2.19. The Kier molecular flexibility index (Phi) is 1.86. The molecule has 1 aliphatic rings. The molecule has 2 nitrogen and oxygen atoms in total. The molecule has 0 unspecified atom stereocenters. The highest BCUT2D eigenvalue weighted by atomic mass is 16.5. The molecule has 1 heterocycles. The van der Waals surface area contributed by atoms with Crippen LogP contribution in [0.25, 0.3) is 0 Å². The molecule has 0 bridgehead atoms. The lowest BCUT2D eigenvalue weighted by atomic mass is 10.1. The van der Waals surface area contributed by atoms with Crippen molar-refractivity contribution in [3.05, 3.63) is 0 Å². The van der Waals surface area contributed by atoms with Crippen LogP contribution in [0.15, 0.2) is 0 Å². The zero-order valence-electron chi connectivity index (χ0n) is 5.26. The van der Waals surface area contributed by atoms with Crippen LogP contribution in [-0.2, 0) is 4.74 Å². The molecular formula is C6H13NO. The third-order valence-electron chi connectivity index (χ3n) is 1.54. The molecular weight excluding hydrogens is 102 g/mol. The van der Waals surface area contributed by atoms with E-state index < -0.39 is 0 Å². The molecule has 48 valence electrons. The average Bonchev–Trinajstić information content (AvgIpc) is 2.14. The summed E-state index contributed by atoms with van der Waals surface area (Å²) in [5, 5.41) is 0. The molecule has 1 saturated heterocycles. The van der Waals surface area contributed by atoms with Crippen LogP contribution in [0, 0.1) is 5.92 Å². The number of ether oxygens (including phenoxy) is 1. The zero-order valence-corrected chi connectivity index (χ0v) is 5.26. The minimum Gasteiger partial charge on any atom is -0.377 e. The van der Waals surface area contributed by atoms with Crippen molar-refractivity contribution in [3.8, 4) is 0 Å². The molecule has 0 aromatic carbocycles. The number of rotatable bonds is 1. The number of hydrogen-bond donors (Lipinski definition) is 1. The van der Waals surface area contributed by atoms with Crippen molar-refractivity contribution < 1.29 is 4.74 Å². The van der Waals surface area contributed by atoms with Crippen LogP contribution < -0.4 is 5.73 Å². The molecule has 8 heavy (non-hydrogen) atoms. The number of nitrogens with two attached hydrogens (primary N) is 1. The van der Waals surface area contributed by atoms with Crippen LogP contribution >= 0.6 is 0 Å². The first kappa shape index (κ1) is 6.05. The Hall–Kier alpha value is -0.0800. The standard InChI is InChI=1S/C6H13NO/c1-5-2-6(3-7)8-4-5/h5-6H,2-4,7H2,1H3/t5-,6-/m0/s1. The van der Waals surface area contributed by atoms with Crippen molar-refractivity contribution >= 4 is 0 Å². The van der Waals surface area contributed by atoms with Gasteiger partial charge in [-0.15, -0.1) is 0 Å². The van der Waals surface area contributed by atoms with Gasteiger partial charge < -0.3 is 10.5 Å². The zero-order chi connectivity index (χ0) is 5.98. The normalized spacial score (nSPS) is 38.2. The summed E-state index contributed by atoms with van der Waals surface area (Å²) in [6.07, 6.45) is 1.50. The SMILES string of the molecule is C[C@@H]1CO[C@H](CN)C1. The molecule has 1 aliphatic heterocycles. The topological polar surface area (TPSA) is 35.2 Å². The van der Waals surface area contributed by atoms with E-state index in [2.05, 4.69) is 6.92 Å². The summed E-state index contributed by atoms with van der Waals surface area (Å²) >= 11 is 0. The Balaban J connectivity index is 2.22. The van der Waals surface area contributed by atoms with Crippen LogP contribution in [-0.4, -0.2) is 19.3 Å². The van der Waals surface area contributed by atoms with Crippen molar-refractivity contribution in [1.82, 2.24) is 0 Å². The fraction of sp³-hybridized carbons (Fsp3) is 1.00. The predicted octanol–water partition coefficient (Wildman–Crippen LogP) is 0.370. The van der Waals surface area contributed by atoms with Crippen LogP contribution in [0.2, 0.25) is 0 Å². The summed E-state index contributed by atoms with van der Waals surface area (Å²) in [6.45, 7) is 3.78. The molecule has 0 spiro atoms. The third-order valence-corrected chi connectivity index (χ3v) is 1.54. The Bertz CT molecular complexity index is 74.9. The van der Waals surface area contributed by atoms with Crippen molar-refractivity contribution in [2.75, 3.05) is 13.2 Å². The molecule has 0 radical (unpaired) electrons. The largest absolute Gasteiger partial charge is 0.377 e. The van der Waals surface area contributed by atoms with Gasteiger partial charge in [-0.3, -0.25) is 0 Å². The summed E-state index contributed by atoms with van der Waals surface area (Å²) < 4.78 is 5.29. The molecule has 0 amide bonds. The summed E-state index contributed by atoms with van der Waals surface area (Å²) in [5.41, 5.74) is 5.37. The van der Waals surface area contributed by atoms with E-state index in [4.69, 9.17) is 10.5 Å². The van der Waals surface area contributed by atoms with Gasteiger partial charge >= 0.3 is 0 Å². The second-order valence-corrected chi connectivity index (χ2v) is 2.53. The Morgan fingerprint density at radius 1 is 1.75 bits per heavy atom. The van der Waals surface area contributed by atoms with Gasteiger partial charge in [0.1, 0.15) is 0 Å². The Morgan fingerprint density at radius 3 is 2.75 bits per heavy atom. The van der Waals surface area contributed by atoms with Crippen molar-refractivity contribution in [2.45, 2.75) is 19.4 Å². The molecule has 2 atom stereocenters. The van der Waals surface area contributed by atoms with E-state index in [0.29, 0.717) is 12.6 Å². The maximum atomic E-state index is 5.37. The van der Waals surface area contributed by atoms with Crippen molar-refractivity contribution in [2.24, 2.45) is 11.7 Å². The third kappa shape index (κ3) is 1.20.